The molecule has 3 heteroatoms. The predicted molar refractivity (Wildman–Crippen MR) is 77.3 cm³/mol. The minimum atomic E-state index is 0.609. The van der Waals surface area contributed by atoms with Crippen molar-refractivity contribution < 1.29 is 0 Å². The Morgan fingerprint density at radius 3 is 2.65 bits per heavy atom. The standard InChI is InChI=1S/C14H26N2S/c1-12(2)16(10-13(3)6-4-8-15)11-14-7-5-9-17-14/h5,7,9,12-13H,4,6,8,10-11,15H2,1-3H3. The Balaban J connectivity index is 2.43. The number of nitrogens with zero attached hydrogens (tertiary/aromatic N) is 1. The molecule has 0 spiro atoms. The van der Waals surface area contributed by atoms with Crippen LogP contribution in [0.25, 0.3) is 0 Å². The van der Waals surface area contributed by atoms with E-state index in [2.05, 4.69) is 43.2 Å². The van der Waals surface area contributed by atoms with E-state index in [0.717, 1.165) is 25.4 Å². The molecule has 0 aromatic carbocycles. The van der Waals surface area contributed by atoms with Gasteiger partial charge in [0.2, 0.25) is 0 Å². The molecule has 1 aromatic heterocycles. The van der Waals surface area contributed by atoms with E-state index < -0.39 is 0 Å². The van der Waals surface area contributed by atoms with E-state index in [1.807, 2.05) is 11.3 Å². The van der Waals surface area contributed by atoms with Crippen LogP contribution >= 0.6 is 11.3 Å². The Hall–Kier alpha value is -0.380. The van der Waals surface area contributed by atoms with Gasteiger partial charge >= 0.3 is 0 Å². The second-order valence-corrected chi connectivity index (χ2v) is 6.17. The Labute approximate surface area is 110 Å². The van der Waals surface area contributed by atoms with Gasteiger partial charge in [0.25, 0.3) is 0 Å². The van der Waals surface area contributed by atoms with Crippen LogP contribution < -0.4 is 5.73 Å². The quantitative estimate of drug-likeness (QED) is 0.771. The van der Waals surface area contributed by atoms with Crippen molar-refractivity contribution in [2.24, 2.45) is 11.7 Å². The average Bonchev–Trinajstić information content (AvgIpc) is 2.78. The topological polar surface area (TPSA) is 29.3 Å². The molecule has 1 unspecified atom stereocenters. The first kappa shape index (κ1) is 14.7. The Bertz CT molecular complexity index is 282. The van der Waals surface area contributed by atoms with Gasteiger partial charge in [0.1, 0.15) is 0 Å². The van der Waals surface area contributed by atoms with E-state index >= 15 is 0 Å². The van der Waals surface area contributed by atoms with Gasteiger partial charge in [-0.3, -0.25) is 4.90 Å². The van der Waals surface area contributed by atoms with Crippen LogP contribution in [0.4, 0.5) is 0 Å². The molecule has 0 bridgehead atoms. The highest BCUT2D eigenvalue weighted by Crippen LogP contribution is 2.16. The summed E-state index contributed by atoms with van der Waals surface area (Å²) in [6.07, 6.45) is 2.39. The summed E-state index contributed by atoms with van der Waals surface area (Å²) in [4.78, 5) is 4.03. The van der Waals surface area contributed by atoms with Crippen molar-refractivity contribution >= 4 is 11.3 Å². The zero-order chi connectivity index (χ0) is 12.7. The average molecular weight is 254 g/mol. The lowest BCUT2D eigenvalue weighted by atomic mass is 10.0. The van der Waals surface area contributed by atoms with Crippen LogP contribution in [0.5, 0.6) is 0 Å². The van der Waals surface area contributed by atoms with Crippen molar-refractivity contribution in [3.8, 4) is 0 Å². The Morgan fingerprint density at radius 1 is 1.35 bits per heavy atom. The summed E-state index contributed by atoms with van der Waals surface area (Å²) in [5, 5.41) is 2.16. The van der Waals surface area contributed by atoms with Gasteiger partial charge < -0.3 is 5.73 Å². The van der Waals surface area contributed by atoms with Crippen LogP contribution in [0.15, 0.2) is 17.5 Å². The van der Waals surface area contributed by atoms with Gasteiger partial charge in [0.15, 0.2) is 0 Å². The first-order valence-corrected chi connectivity index (χ1v) is 7.48. The van der Waals surface area contributed by atoms with Gasteiger partial charge in [0.05, 0.1) is 0 Å². The monoisotopic (exact) mass is 254 g/mol. The fourth-order valence-corrected chi connectivity index (χ4v) is 2.75. The number of hydrogen-bond donors (Lipinski definition) is 1. The second-order valence-electron chi connectivity index (χ2n) is 5.14. The lowest BCUT2D eigenvalue weighted by Crippen LogP contribution is -2.34. The van der Waals surface area contributed by atoms with Crippen molar-refractivity contribution in [3.05, 3.63) is 22.4 Å². The Kier molecular flexibility index (Phi) is 6.78. The maximum atomic E-state index is 5.57. The largest absolute Gasteiger partial charge is 0.330 e. The summed E-state index contributed by atoms with van der Waals surface area (Å²) < 4.78 is 0. The maximum absolute atomic E-state index is 5.57. The molecule has 2 N–H and O–H groups in total. The molecule has 0 aliphatic carbocycles. The number of hydrogen-bond acceptors (Lipinski definition) is 3. The van der Waals surface area contributed by atoms with E-state index in [1.165, 1.54) is 17.8 Å². The summed E-state index contributed by atoms with van der Waals surface area (Å²) in [7, 11) is 0. The predicted octanol–water partition coefficient (Wildman–Crippen LogP) is 3.33. The maximum Gasteiger partial charge on any atom is 0.0330 e. The van der Waals surface area contributed by atoms with Crippen LogP contribution in [0, 0.1) is 5.92 Å². The van der Waals surface area contributed by atoms with Crippen molar-refractivity contribution in [1.82, 2.24) is 4.90 Å². The number of nitrogens with two attached hydrogens (primary N) is 1. The molecule has 1 rings (SSSR count). The molecule has 1 heterocycles. The molecule has 0 aliphatic rings. The molecular formula is C14H26N2S. The fourth-order valence-electron chi connectivity index (χ4n) is 2.02. The summed E-state index contributed by atoms with van der Waals surface area (Å²) >= 11 is 1.85. The van der Waals surface area contributed by atoms with Gasteiger partial charge in [-0.25, -0.2) is 0 Å². The third kappa shape index (κ3) is 5.66. The summed E-state index contributed by atoms with van der Waals surface area (Å²) in [6.45, 7) is 9.97. The van der Waals surface area contributed by atoms with Gasteiger partial charge in [0, 0.05) is 24.0 Å². The summed E-state index contributed by atoms with van der Waals surface area (Å²) in [5.41, 5.74) is 5.57. The third-order valence-electron chi connectivity index (χ3n) is 3.12. The van der Waals surface area contributed by atoms with Gasteiger partial charge in [-0.05, 0) is 50.6 Å². The highest BCUT2D eigenvalue weighted by atomic mass is 32.1. The van der Waals surface area contributed by atoms with Crippen LogP contribution in [0.2, 0.25) is 0 Å². The van der Waals surface area contributed by atoms with E-state index in [9.17, 15) is 0 Å². The smallest absolute Gasteiger partial charge is 0.0330 e. The van der Waals surface area contributed by atoms with E-state index in [0.29, 0.717) is 6.04 Å². The van der Waals surface area contributed by atoms with Crippen LogP contribution in [-0.4, -0.2) is 24.0 Å². The zero-order valence-electron chi connectivity index (χ0n) is 11.4. The SMILES string of the molecule is CC(CCCN)CN(Cc1cccs1)C(C)C. The molecule has 0 radical (unpaired) electrons. The van der Waals surface area contributed by atoms with Crippen LogP contribution in [-0.2, 0) is 6.54 Å². The summed E-state index contributed by atoms with van der Waals surface area (Å²) in [6, 6.07) is 4.97. The molecule has 98 valence electrons. The lowest BCUT2D eigenvalue weighted by Gasteiger charge is -2.29. The highest BCUT2D eigenvalue weighted by molar-refractivity contribution is 7.09. The van der Waals surface area contributed by atoms with Crippen molar-refractivity contribution in [2.75, 3.05) is 13.1 Å². The van der Waals surface area contributed by atoms with Crippen LogP contribution in [0.3, 0.4) is 0 Å². The minimum absolute atomic E-state index is 0.609. The van der Waals surface area contributed by atoms with Crippen molar-refractivity contribution in [2.45, 2.75) is 46.2 Å². The first-order valence-electron chi connectivity index (χ1n) is 6.60. The van der Waals surface area contributed by atoms with Gasteiger partial charge in [-0.1, -0.05) is 13.0 Å². The van der Waals surface area contributed by atoms with E-state index in [1.54, 1.807) is 0 Å². The number of rotatable bonds is 8. The molecule has 0 aliphatic heterocycles. The first-order chi connectivity index (χ1) is 8.13. The molecule has 1 atom stereocenters. The van der Waals surface area contributed by atoms with Gasteiger partial charge in [-0.2, -0.15) is 0 Å². The normalized spacial score (nSPS) is 13.5. The molecule has 2 nitrogen and oxygen atoms in total. The minimum Gasteiger partial charge on any atom is -0.330 e. The molecular weight excluding hydrogens is 228 g/mol. The fraction of sp³-hybridized carbons (Fsp3) is 0.714. The van der Waals surface area contributed by atoms with Crippen molar-refractivity contribution in [3.63, 3.8) is 0 Å². The Morgan fingerprint density at radius 2 is 2.12 bits per heavy atom. The molecule has 0 saturated carbocycles. The molecule has 0 amide bonds. The van der Waals surface area contributed by atoms with E-state index in [4.69, 9.17) is 5.73 Å². The molecule has 17 heavy (non-hydrogen) atoms. The van der Waals surface area contributed by atoms with Gasteiger partial charge in [-0.15, -0.1) is 11.3 Å². The highest BCUT2D eigenvalue weighted by Gasteiger charge is 2.14. The molecule has 1 aromatic rings. The number of thiophene rings is 1. The van der Waals surface area contributed by atoms with Crippen molar-refractivity contribution in [1.29, 1.82) is 0 Å². The van der Waals surface area contributed by atoms with Crippen LogP contribution in [0.1, 0.15) is 38.5 Å². The zero-order valence-corrected chi connectivity index (χ0v) is 12.2. The third-order valence-corrected chi connectivity index (χ3v) is 3.98. The van der Waals surface area contributed by atoms with E-state index in [-0.39, 0.29) is 0 Å². The summed E-state index contributed by atoms with van der Waals surface area (Å²) in [5.74, 6) is 0.737. The molecule has 0 saturated heterocycles. The second kappa shape index (κ2) is 7.85. The lowest BCUT2D eigenvalue weighted by molar-refractivity contribution is 0.181. The molecule has 0 fully saturated rings.